The molecule has 0 amide bonds. The lowest BCUT2D eigenvalue weighted by Gasteiger charge is -2.41. The van der Waals surface area contributed by atoms with Crippen LogP contribution in [-0.2, 0) is 0 Å². The van der Waals surface area contributed by atoms with Crippen LogP contribution in [-0.4, -0.2) is 40.7 Å². The van der Waals surface area contributed by atoms with Crippen molar-refractivity contribution in [1.29, 1.82) is 0 Å². The van der Waals surface area contributed by atoms with Crippen molar-refractivity contribution in [3.63, 3.8) is 0 Å². The van der Waals surface area contributed by atoms with Crippen LogP contribution < -0.4 is 4.74 Å². The van der Waals surface area contributed by atoms with Crippen LogP contribution in [0.25, 0.3) is 0 Å². The molecule has 0 bridgehead atoms. The van der Waals surface area contributed by atoms with E-state index >= 15 is 0 Å². The van der Waals surface area contributed by atoms with Gasteiger partial charge in [0.05, 0.1) is 7.11 Å². The second-order valence-corrected chi connectivity index (χ2v) is 6.05. The van der Waals surface area contributed by atoms with E-state index in [1.165, 1.54) is 25.7 Å². The van der Waals surface area contributed by atoms with Crippen molar-refractivity contribution < 1.29 is 9.84 Å². The van der Waals surface area contributed by atoms with Crippen molar-refractivity contribution in [3.05, 3.63) is 24.0 Å². The summed E-state index contributed by atoms with van der Waals surface area (Å²) < 4.78 is 5.33. The first kappa shape index (κ1) is 15.3. The van der Waals surface area contributed by atoms with Gasteiger partial charge in [-0.3, -0.25) is 9.88 Å². The smallest absolute Gasteiger partial charge is 0.143 e. The third kappa shape index (κ3) is 3.13. The Balaban J connectivity index is 2.22. The van der Waals surface area contributed by atoms with Crippen LogP contribution >= 0.6 is 0 Å². The van der Waals surface area contributed by atoms with Gasteiger partial charge in [-0.05, 0) is 51.9 Å². The lowest BCUT2D eigenvalue weighted by atomic mass is 9.91. The van der Waals surface area contributed by atoms with E-state index < -0.39 is 6.10 Å². The molecule has 2 heterocycles. The number of ether oxygens (including phenoxy) is 1. The van der Waals surface area contributed by atoms with Gasteiger partial charge in [0.25, 0.3) is 0 Å². The zero-order chi connectivity index (χ0) is 14.6. The van der Waals surface area contributed by atoms with Crippen LogP contribution in [0.15, 0.2) is 18.3 Å². The number of hydrogen-bond acceptors (Lipinski definition) is 4. The monoisotopic (exact) mass is 278 g/mol. The maximum Gasteiger partial charge on any atom is 0.143 e. The number of methoxy groups -OCH3 is 1. The Morgan fingerprint density at radius 3 is 2.50 bits per heavy atom. The Morgan fingerprint density at radius 2 is 1.90 bits per heavy atom. The highest BCUT2D eigenvalue weighted by molar-refractivity contribution is 5.30. The highest BCUT2D eigenvalue weighted by Crippen LogP contribution is 2.35. The molecule has 0 radical (unpaired) electrons. The molecule has 1 saturated heterocycles. The lowest BCUT2D eigenvalue weighted by Crippen LogP contribution is -2.49. The minimum Gasteiger partial charge on any atom is -0.495 e. The molecule has 0 aromatic carbocycles. The fourth-order valence-electron chi connectivity index (χ4n) is 2.94. The summed E-state index contributed by atoms with van der Waals surface area (Å²) >= 11 is 0. The Kier molecular flexibility index (Phi) is 5.00. The van der Waals surface area contributed by atoms with E-state index in [0.717, 1.165) is 13.1 Å². The second kappa shape index (κ2) is 6.55. The van der Waals surface area contributed by atoms with Gasteiger partial charge in [0.1, 0.15) is 17.5 Å². The maximum atomic E-state index is 10.8. The van der Waals surface area contributed by atoms with Gasteiger partial charge in [0, 0.05) is 11.7 Å². The van der Waals surface area contributed by atoms with E-state index in [1.807, 2.05) is 12.1 Å². The Hall–Kier alpha value is -1.13. The molecule has 1 atom stereocenters. The summed E-state index contributed by atoms with van der Waals surface area (Å²) in [5.41, 5.74) is 0.288. The van der Waals surface area contributed by atoms with E-state index in [-0.39, 0.29) is 5.54 Å². The highest BCUT2D eigenvalue weighted by Gasteiger charge is 2.37. The average molecular weight is 278 g/mol. The van der Waals surface area contributed by atoms with Crippen molar-refractivity contribution in [2.45, 2.75) is 51.2 Å². The topological polar surface area (TPSA) is 45.6 Å². The van der Waals surface area contributed by atoms with Crippen LogP contribution in [0.4, 0.5) is 0 Å². The molecular formula is C16H26N2O2. The first-order valence-corrected chi connectivity index (χ1v) is 7.49. The number of rotatable bonds is 4. The van der Waals surface area contributed by atoms with Crippen LogP contribution in [0.5, 0.6) is 5.75 Å². The van der Waals surface area contributed by atoms with E-state index in [9.17, 15) is 5.11 Å². The molecule has 1 fully saturated rings. The van der Waals surface area contributed by atoms with Crippen molar-refractivity contribution in [2.24, 2.45) is 0 Å². The minimum atomic E-state index is -0.656. The van der Waals surface area contributed by atoms with Gasteiger partial charge in [0.15, 0.2) is 0 Å². The van der Waals surface area contributed by atoms with Crippen LogP contribution in [0.2, 0.25) is 0 Å². The molecular weight excluding hydrogens is 252 g/mol. The number of aromatic nitrogens is 1. The van der Waals surface area contributed by atoms with Gasteiger partial charge in [-0.1, -0.05) is 12.8 Å². The number of pyridine rings is 1. The molecule has 1 aliphatic heterocycles. The largest absolute Gasteiger partial charge is 0.495 e. The number of nitrogens with zero attached hydrogens (tertiary/aromatic N) is 2. The molecule has 0 aliphatic carbocycles. The zero-order valence-corrected chi connectivity index (χ0v) is 12.8. The molecule has 4 nitrogen and oxygen atoms in total. The van der Waals surface area contributed by atoms with Gasteiger partial charge < -0.3 is 9.84 Å². The van der Waals surface area contributed by atoms with Gasteiger partial charge >= 0.3 is 0 Å². The second-order valence-electron chi connectivity index (χ2n) is 6.05. The van der Waals surface area contributed by atoms with Gasteiger partial charge in [-0.2, -0.15) is 0 Å². The summed E-state index contributed by atoms with van der Waals surface area (Å²) in [7, 11) is 1.62. The van der Waals surface area contributed by atoms with E-state index in [2.05, 4.69) is 23.7 Å². The molecule has 1 N–H and O–H groups in total. The Labute approximate surface area is 121 Å². The number of aliphatic hydroxyl groups excluding tert-OH is 1. The molecule has 1 aromatic rings. The van der Waals surface area contributed by atoms with Gasteiger partial charge in [0.2, 0.25) is 0 Å². The molecule has 0 saturated carbocycles. The summed E-state index contributed by atoms with van der Waals surface area (Å²) in [6.45, 7) is 6.27. The van der Waals surface area contributed by atoms with Crippen molar-refractivity contribution in [1.82, 2.24) is 9.88 Å². The Morgan fingerprint density at radius 1 is 1.25 bits per heavy atom. The third-order valence-corrected chi connectivity index (χ3v) is 4.37. The average Bonchev–Trinajstić information content (AvgIpc) is 2.76. The minimum absolute atomic E-state index is 0.341. The molecule has 20 heavy (non-hydrogen) atoms. The first-order valence-electron chi connectivity index (χ1n) is 7.49. The van der Waals surface area contributed by atoms with E-state index in [1.54, 1.807) is 13.3 Å². The van der Waals surface area contributed by atoms with Crippen molar-refractivity contribution in [2.75, 3.05) is 20.2 Å². The third-order valence-electron chi connectivity index (χ3n) is 4.37. The van der Waals surface area contributed by atoms with Crippen molar-refractivity contribution >= 4 is 0 Å². The normalized spacial score (nSPS) is 19.4. The fourth-order valence-corrected chi connectivity index (χ4v) is 2.94. The molecule has 1 unspecified atom stereocenters. The van der Waals surface area contributed by atoms with Crippen LogP contribution in [0, 0.1) is 0 Å². The highest BCUT2D eigenvalue weighted by atomic mass is 16.5. The predicted molar refractivity (Wildman–Crippen MR) is 79.9 cm³/mol. The number of aliphatic hydroxyl groups is 1. The van der Waals surface area contributed by atoms with Crippen LogP contribution in [0.3, 0.4) is 0 Å². The lowest BCUT2D eigenvalue weighted by molar-refractivity contribution is -0.0135. The molecule has 112 valence electrons. The zero-order valence-electron chi connectivity index (χ0n) is 12.8. The van der Waals surface area contributed by atoms with Gasteiger partial charge in [-0.25, -0.2) is 0 Å². The van der Waals surface area contributed by atoms with E-state index in [4.69, 9.17) is 4.74 Å². The Bertz CT molecular complexity index is 426. The maximum absolute atomic E-state index is 10.8. The summed E-state index contributed by atoms with van der Waals surface area (Å²) in [5.74, 6) is 0.655. The summed E-state index contributed by atoms with van der Waals surface area (Å²) in [5, 5.41) is 10.8. The fraction of sp³-hybridized carbons (Fsp3) is 0.688. The SMILES string of the molecule is COc1cccnc1C(O)C(C)(C)N1CCCCCC1. The van der Waals surface area contributed by atoms with Crippen LogP contribution in [0.1, 0.15) is 51.3 Å². The molecule has 2 rings (SSSR count). The molecule has 1 aliphatic rings. The standard InChI is InChI=1S/C16H26N2O2/c1-16(2,18-11-6-4-5-7-12-18)15(19)14-13(20-3)9-8-10-17-14/h8-10,15,19H,4-7,11-12H2,1-3H3. The summed E-state index contributed by atoms with van der Waals surface area (Å²) in [4.78, 5) is 6.72. The first-order chi connectivity index (χ1) is 9.57. The van der Waals surface area contributed by atoms with E-state index in [0.29, 0.717) is 11.4 Å². The van der Waals surface area contributed by atoms with Crippen molar-refractivity contribution in [3.8, 4) is 5.75 Å². The quantitative estimate of drug-likeness (QED) is 0.920. The molecule has 4 heteroatoms. The number of hydrogen-bond donors (Lipinski definition) is 1. The van der Waals surface area contributed by atoms with Gasteiger partial charge in [-0.15, -0.1) is 0 Å². The summed E-state index contributed by atoms with van der Waals surface area (Å²) in [6, 6.07) is 3.68. The molecule has 1 aromatic heterocycles. The predicted octanol–water partition coefficient (Wildman–Crippen LogP) is 2.78. The summed E-state index contributed by atoms with van der Waals surface area (Å²) in [6.07, 6.45) is 6.03. The molecule has 0 spiro atoms. The number of likely N-dealkylation sites (tertiary alicyclic amines) is 1.